The van der Waals surface area contributed by atoms with Crippen LogP contribution in [0.1, 0.15) is 23.6 Å². The monoisotopic (exact) mass is 388 g/mol. The smallest absolute Gasteiger partial charge is 0.242 e. The van der Waals surface area contributed by atoms with Gasteiger partial charge < -0.3 is 10.6 Å². The molecule has 0 unspecified atom stereocenters. The number of rotatable bonds is 7. The molecule has 2 aromatic rings. The first-order chi connectivity index (χ1) is 12.8. The molecule has 7 heteroatoms. The number of sulfonamides is 1. The Morgan fingerprint density at radius 3 is 2.11 bits per heavy atom. The van der Waals surface area contributed by atoms with Crippen LogP contribution in [-0.2, 0) is 23.1 Å². The Morgan fingerprint density at radius 2 is 1.56 bits per heavy atom. The third-order valence-electron chi connectivity index (χ3n) is 4.05. The highest BCUT2D eigenvalue weighted by Crippen LogP contribution is 2.14. The molecule has 0 aliphatic carbocycles. The first-order valence-electron chi connectivity index (χ1n) is 8.92. The van der Waals surface area contributed by atoms with Crippen LogP contribution in [0.5, 0.6) is 0 Å². The van der Waals surface area contributed by atoms with Gasteiger partial charge in [-0.2, -0.15) is 0 Å². The van der Waals surface area contributed by atoms with E-state index >= 15 is 0 Å². The molecule has 2 aromatic carbocycles. The Kier molecular flexibility index (Phi) is 7.38. The van der Waals surface area contributed by atoms with E-state index in [1.807, 2.05) is 6.92 Å². The van der Waals surface area contributed by atoms with Gasteiger partial charge >= 0.3 is 0 Å². The highest BCUT2D eigenvalue weighted by Gasteiger charge is 2.16. The lowest BCUT2D eigenvalue weighted by atomic mass is 10.1. The second kappa shape index (κ2) is 9.53. The molecule has 0 saturated carbocycles. The summed E-state index contributed by atoms with van der Waals surface area (Å²) in [6.45, 7) is 6.00. The van der Waals surface area contributed by atoms with Gasteiger partial charge in [0.05, 0.1) is 11.4 Å². The highest BCUT2D eigenvalue weighted by atomic mass is 32.2. The predicted molar refractivity (Wildman–Crippen MR) is 110 cm³/mol. The van der Waals surface area contributed by atoms with Gasteiger partial charge in [-0.15, -0.1) is 0 Å². The zero-order chi connectivity index (χ0) is 19.9. The molecule has 0 spiro atoms. The van der Waals surface area contributed by atoms with E-state index in [0.717, 1.165) is 18.1 Å². The lowest BCUT2D eigenvalue weighted by molar-refractivity contribution is 0.520. The van der Waals surface area contributed by atoms with Gasteiger partial charge in [0.15, 0.2) is 5.96 Å². The van der Waals surface area contributed by atoms with Crippen molar-refractivity contribution in [1.82, 2.24) is 14.9 Å². The summed E-state index contributed by atoms with van der Waals surface area (Å²) in [5.74, 6) is 0.725. The number of nitrogens with zero attached hydrogens (tertiary/aromatic N) is 2. The molecule has 0 amide bonds. The Labute approximate surface area is 162 Å². The molecule has 0 aromatic heterocycles. The van der Waals surface area contributed by atoms with Gasteiger partial charge in [0.2, 0.25) is 10.0 Å². The van der Waals surface area contributed by atoms with Gasteiger partial charge in [0.1, 0.15) is 0 Å². The van der Waals surface area contributed by atoms with Gasteiger partial charge in [-0.3, -0.25) is 0 Å². The SMILES string of the molecule is CCNC(=NCc1ccc(S(=O)(=O)N(C)C)cc1)NCc1ccc(C)cc1. The summed E-state index contributed by atoms with van der Waals surface area (Å²) in [5.41, 5.74) is 3.36. The van der Waals surface area contributed by atoms with Gasteiger partial charge in [-0.1, -0.05) is 42.0 Å². The van der Waals surface area contributed by atoms with Crippen LogP contribution < -0.4 is 10.6 Å². The lowest BCUT2D eigenvalue weighted by Gasteiger charge is -2.12. The molecule has 146 valence electrons. The number of hydrogen-bond donors (Lipinski definition) is 2. The molecule has 2 N–H and O–H groups in total. The van der Waals surface area contributed by atoms with Gasteiger partial charge in [0, 0.05) is 27.2 Å². The van der Waals surface area contributed by atoms with Crippen LogP contribution in [0.3, 0.4) is 0 Å². The maximum absolute atomic E-state index is 12.1. The molecular formula is C20H28N4O2S. The number of hydrogen-bond acceptors (Lipinski definition) is 3. The van der Waals surface area contributed by atoms with Crippen LogP contribution in [0, 0.1) is 6.92 Å². The standard InChI is InChI=1S/C20H28N4O2S/c1-5-21-20(22-14-17-8-6-16(2)7-9-17)23-15-18-10-12-19(13-11-18)27(25,26)24(3)4/h6-13H,5,14-15H2,1-4H3,(H2,21,22,23). The molecule has 0 bridgehead atoms. The summed E-state index contributed by atoms with van der Waals surface area (Å²) in [6.07, 6.45) is 0. The lowest BCUT2D eigenvalue weighted by Crippen LogP contribution is -2.36. The first kappa shape index (κ1) is 20.9. The molecule has 0 saturated heterocycles. The minimum Gasteiger partial charge on any atom is -0.357 e. The normalized spacial score (nSPS) is 12.3. The van der Waals surface area contributed by atoms with Crippen molar-refractivity contribution in [3.63, 3.8) is 0 Å². The van der Waals surface area contributed by atoms with Gasteiger partial charge in [-0.25, -0.2) is 17.7 Å². The highest BCUT2D eigenvalue weighted by molar-refractivity contribution is 7.89. The second-order valence-electron chi connectivity index (χ2n) is 6.47. The Bertz CT molecular complexity index is 858. The molecule has 0 heterocycles. The fraction of sp³-hybridized carbons (Fsp3) is 0.350. The Morgan fingerprint density at radius 1 is 0.963 bits per heavy atom. The number of aryl methyl sites for hydroxylation is 1. The second-order valence-corrected chi connectivity index (χ2v) is 8.62. The van der Waals surface area contributed by atoms with Gasteiger partial charge in [-0.05, 0) is 37.1 Å². The van der Waals surface area contributed by atoms with E-state index in [4.69, 9.17) is 0 Å². The van der Waals surface area contributed by atoms with Crippen LogP contribution in [0.15, 0.2) is 58.4 Å². The minimum absolute atomic E-state index is 0.282. The van der Waals surface area contributed by atoms with E-state index in [9.17, 15) is 8.42 Å². The van der Waals surface area contributed by atoms with Crippen LogP contribution in [0.4, 0.5) is 0 Å². The van der Waals surface area contributed by atoms with Crippen molar-refractivity contribution in [1.29, 1.82) is 0 Å². The average molecular weight is 389 g/mol. The molecule has 2 rings (SSSR count). The zero-order valence-corrected chi connectivity index (χ0v) is 17.2. The average Bonchev–Trinajstić information content (AvgIpc) is 2.65. The summed E-state index contributed by atoms with van der Waals surface area (Å²) >= 11 is 0. The summed E-state index contributed by atoms with van der Waals surface area (Å²) in [5, 5.41) is 6.53. The Hall–Kier alpha value is -2.38. The topological polar surface area (TPSA) is 73.8 Å². The van der Waals surface area contributed by atoms with Crippen molar-refractivity contribution >= 4 is 16.0 Å². The van der Waals surface area contributed by atoms with Crippen molar-refractivity contribution in [2.24, 2.45) is 4.99 Å². The van der Waals surface area contributed by atoms with Crippen LogP contribution >= 0.6 is 0 Å². The largest absolute Gasteiger partial charge is 0.357 e. The fourth-order valence-electron chi connectivity index (χ4n) is 2.38. The Balaban J connectivity index is 2.02. The molecule has 0 radical (unpaired) electrons. The maximum atomic E-state index is 12.1. The molecule has 6 nitrogen and oxygen atoms in total. The minimum atomic E-state index is -3.40. The molecule has 0 atom stereocenters. The molecule has 27 heavy (non-hydrogen) atoms. The van der Waals surface area contributed by atoms with Crippen molar-refractivity contribution in [3.8, 4) is 0 Å². The van der Waals surface area contributed by atoms with Crippen LogP contribution in [0.2, 0.25) is 0 Å². The quantitative estimate of drug-likeness (QED) is 0.565. The van der Waals surface area contributed by atoms with E-state index in [-0.39, 0.29) is 4.90 Å². The summed E-state index contributed by atoms with van der Waals surface area (Å²) in [7, 11) is -0.356. The van der Waals surface area contributed by atoms with E-state index < -0.39 is 10.0 Å². The number of aliphatic imine (C=N–C) groups is 1. The summed E-state index contributed by atoms with van der Waals surface area (Å²) in [4.78, 5) is 4.86. The van der Waals surface area contributed by atoms with Gasteiger partial charge in [0.25, 0.3) is 0 Å². The van der Waals surface area contributed by atoms with Crippen LogP contribution in [-0.4, -0.2) is 39.3 Å². The van der Waals surface area contributed by atoms with E-state index in [1.54, 1.807) is 24.3 Å². The molecule has 0 aliphatic heterocycles. The summed E-state index contributed by atoms with van der Waals surface area (Å²) < 4.78 is 25.4. The molecular weight excluding hydrogens is 360 g/mol. The van der Waals surface area contributed by atoms with E-state index in [0.29, 0.717) is 13.1 Å². The van der Waals surface area contributed by atoms with Crippen molar-refractivity contribution in [2.45, 2.75) is 31.8 Å². The third kappa shape index (κ3) is 6.08. The number of nitrogens with one attached hydrogen (secondary N) is 2. The molecule has 0 fully saturated rings. The van der Waals surface area contributed by atoms with E-state index in [1.165, 1.54) is 29.5 Å². The van der Waals surface area contributed by atoms with Crippen molar-refractivity contribution in [2.75, 3.05) is 20.6 Å². The maximum Gasteiger partial charge on any atom is 0.242 e. The fourth-order valence-corrected chi connectivity index (χ4v) is 3.28. The van der Waals surface area contributed by atoms with Crippen molar-refractivity contribution < 1.29 is 8.42 Å². The third-order valence-corrected chi connectivity index (χ3v) is 5.88. The summed E-state index contributed by atoms with van der Waals surface area (Å²) in [6, 6.07) is 15.2. The zero-order valence-electron chi connectivity index (χ0n) is 16.4. The molecule has 0 aliphatic rings. The van der Waals surface area contributed by atoms with Crippen LogP contribution in [0.25, 0.3) is 0 Å². The van der Waals surface area contributed by atoms with Crippen molar-refractivity contribution in [3.05, 3.63) is 65.2 Å². The van der Waals surface area contributed by atoms with E-state index in [2.05, 4.69) is 46.8 Å². The predicted octanol–water partition coefficient (Wildman–Crippen LogP) is 2.50. The first-order valence-corrected chi connectivity index (χ1v) is 10.4. The number of guanidine groups is 1. The number of benzene rings is 2.